The van der Waals surface area contributed by atoms with Crippen LogP contribution >= 0.6 is 0 Å². The standard InChI is InChI=1S/C24H24N2O4/c1-3-26(17-23(27)25-19-10-8-13-21(16-19)29-2)24(28)18-9-7-14-22(15-18)30-20-11-5-4-6-12-20/h4-16H,3,17H2,1-2H3,(H,25,27). The molecule has 0 atom stereocenters. The van der Waals surface area contributed by atoms with Crippen molar-refractivity contribution in [2.24, 2.45) is 0 Å². The van der Waals surface area contributed by atoms with Crippen LogP contribution in [0, 0.1) is 0 Å². The van der Waals surface area contributed by atoms with Gasteiger partial charge < -0.3 is 19.7 Å². The SMILES string of the molecule is CCN(CC(=O)Nc1cccc(OC)c1)C(=O)c1cccc(Oc2ccccc2)c1. The molecular weight excluding hydrogens is 380 g/mol. The summed E-state index contributed by atoms with van der Waals surface area (Å²) in [5.74, 6) is 1.37. The monoisotopic (exact) mass is 404 g/mol. The molecule has 154 valence electrons. The fourth-order valence-electron chi connectivity index (χ4n) is 2.90. The minimum absolute atomic E-state index is 0.0592. The second-order valence-electron chi connectivity index (χ2n) is 6.54. The molecule has 30 heavy (non-hydrogen) atoms. The maximum atomic E-state index is 12.9. The van der Waals surface area contributed by atoms with Crippen LogP contribution in [0.1, 0.15) is 17.3 Å². The molecule has 3 aromatic carbocycles. The molecule has 2 amide bonds. The molecule has 0 saturated heterocycles. The molecule has 0 aromatic heterocycles. The zero-order valence-electron chi connectivity index (χ0n) is 17.0. The summed E-state index contributed by atoms with van der Waals surface area (Å²) < 4.78 is 11.0. The number of hydrogen-bond donors (Lipinski definition) is 1. The van der Waals surface area contributed by atoms with Crippen molar-refractivity contribution in [2.75, 3.05) is 25.5 Å². The zero-order valence-corrected chi connectivity index (χ0v) is 17.0. The maximum absolute atomic E-state index is 12.9. The lowest BCUT2D eigenvalue weighted by atomic mass is 10.2. The number of hydrogen-bond acceptors (Lipinski definition) is 4. The first-order valence-electron chi connectivity index (χ1n) is 9.65. The minimum atomic E-state index is -0.282. The summed E-state index contributed by atoms with van der Waals surface area (Å²) in [5, 5.41) is 2.79. The third-order valence-corrected chi connectivity index (χ3v) is 4.42. The van der Waals surface area contributed by atoms with Crippen molar-refractivity contribution in [1.82, 2.24) is 4.90 Å². The molecule has 0 aliphatic heterocycles. The fraction of sp³-hybridized carbons (Fsp3) is 0.167. The van der Waals surface area contributed by atoms with Gasteiger partial charge >= 0.3 is 0 Å². The van der Waals surface area contributed by atoms with E-state index in [1.165, 1.54) is 4.90 Å². The highest BCUT2D eigenvalue weighted by molar-refractivity contribution is 5.99. The van der Waals surface area contributed by atoms with Gasteiger partial charge in [0.15, 0.2) is 0 Å². The topological polar surface area (TPSA) is 67.9 Å². The van der Waals surface area contributed by atoms with Crippen LogP contribution in [0.2, 0.25) is 0 Å². The number of methoxy groups -OCH3 is 1. The second kappa shape index (κ2) is 10.1. The molecule has 0 radical (unpaired) electrons. The van der Waals surface area contributed by atoms with Crippen LogP contribution in [0.25, 0.3) is 0 Å². The van der Waals surface area contributed by atoms with E-state index in [-0.39, 0.29) is 18.4 Å². The summed E-state index contributed by atoms with van der Waals surface area (Å²) in [4.78, 5) is 26.9. The Bertz CT molecular complexity index is 1000. The molecule has 0 aliphatic rings. The molecule has 6 heteroatoms. The first kappa shape index (κ1) is 20.9. The molecule has 1 N–H and O–H groups in total. The van der Waals surface area contributed by atoms with E-state index < -0.39 is 0 Å². The number of nitrogens with one attached hydrogen (secondary N) is 1. The summed E-state index contributed by atoms with van der Waals surface area (Å²) in [6.07, 6.45) is 0. The smallest absolute Gasteiger partial charge is 0.254 e. The number of carbonyl (C=O) groups excluding carboxylic acids is 2. The van der Waals surface area contributed by atoms with E-state index >= 15 is 0 Å². The van der Waals surface area contributed by atoms with Gasteiger partial charge in [-0.2, -0.15) is 0 Å². The summed E-state index contributed by atoms with van der Waals surface area (Å²) in [6, 6.07) is 23.4. The largest absolute Gasteiger partial charge is 0.497 e. The van der Waals surface area contributed by atoms with Gasteiger partial charge in [0.05, 0.1) is 7.11 Å². The van der Waals surface area contributed by atoms with E-state index in [4.69, 9.17) is 9.47 Å². The van der Waals surface area contributed by atoms with Crippen LogP contribution in [0.3, 0.4) is 0 Å². The average Bonchev–Trinajstić information content (AvgIpc) is 2.78. The zero-order chi connectivity index (χ0) is 21.3. The van der Waals surface area contributed by atoms with E-state index in [0.717, 1.165) is 0 Å². The Balaban J connectivity index is 1.66. The molecule has 0 fully saturated rings. The third kappa shape index (κ3) is 5.61. The van der Waals surface area contributed by atoms with E-state index in [2.05, 4.69) is 5.32 Å². The van der Waals surface area contributed by atoms with E-state index in [9.17, 15) is 9.59 Å². The Labute approximate surface area is 176 Å². The number of amides is 2. The molecule has 0 spiro atoms. The van der Waals surface area contributed by atoms with Crippen LogP contribution in [0.5, 0.6) is 17.2 Å². The molecule has 0 saturated carbocycles. The summed E-state index contributed by atoms with van der Waals surface area (Å²) in [6.45, 7) is 2.17. The Morgan fingerprint density at radius 1 is 0.867 bits per heavy atom. The van der Waals surface area contributed by atoms with Gasteiger partial charge in [-0.15, -0.1) is 0 Å². The van der Waals surface area contributed by atoms with Crippen molar-refractivity contribution < 1.29 is 19.1 Å². The lowest BCUT2D eigenvalue weighted by molar-refractivity contribution is -0.116. The number of benzene rings is 3. The van der Waals surface area contributed by atoms with Crippen molar-refractivity contribution in [2.45, 2.75) is 6.92 Å². The predicted molar refractivity (Wildman–Crippen MR) is 116 cm³/mol. The molecule has 0 bridgehead atoms. The fourth-order valence-corrected chi connectivity index (χ4v) is 2.90. The summed E-state index contributed by atoms with van der Waals surface area (Å²) in [5.41, 5.74) is 1.07. The molecule has 3 aromatic rings. The van der Waals surface area contributed by atoms with E-state index in [1.807, 2.05) is 37.3 Å². The molecule has 6 nitrogen and oxygen atoms in total. The maximum Gasteiger partial charge on any atom is 0.254 e. The number of nitrogens with zero attached hydrogens (tertiary/aromatic N) is 1. The number of carbonyl (C=O) groups is 2. The molecule has 0 heterocycles. The lowest BCUT2D eigenvalue weighted by Gasteiger charge is -2.21. The van der Waals surface area contributed by atoms with Crippen molar-refractivity contribution >= 4 is 17.5 Å². The Kier molecular flexibility index (Phi) is 7.05. The highest BCUT2D eigenvalue weighted by Gasteiger charge is 2.18. The van der Waals surface area contributed by atoms with Crippen molar-refractivity contribution in [1.29, 1.82) is 0 Å². The molecule has 0 unspecified atom stereocenters. The van der Waals surface area contributed by atoms with Gasteiger partial charge in [0.1, 0.15) is 23.8 Å². The highest BCUT2D eigenvalue weighted by atomic mass is 16.5. The van der Waals surface area contributed by atoms with Gasteiger partial charge in [0.2, 0.25) is 5.91 Å². The van der Waals surface area contributed by atoms with Gasteiger partial charge in [-0.1, -0.05) is 30.3 Å². The number of ether oxygens (including phenoxy) is 2. The van der Waals surface area contributed by atoms with Crippen LogP contribution in [0.15, 0.2) is 78.9 Å². The van der Waals surface area contributed by atoms with Crippen LogP contribution in [0.4, 0.5) is 5.69 Å². The molecule has 0 aliphatic carbocycles. The third-order valence-electron chi connectivity index (χ3n) is 4.42. The van der Waals surface area contributed by atoms with Gasteiger partial charge in [-0.3, -0.25) is 9.59 Å². The number of rotatable bonds is 8. The van der Waals surface area contributed by atoms with Crippen LogP contribution < -0.4 is 14.8 Å². The number of anilines is 1. The average molecular weight is 404 g/mol. The number of likely N-dealkylation sites (N-methyl/N-ethyl adjacent to an activating group) is 1. The quantitative estimate of drug-likeness (QED) is 0.596. The Hall–Kier alpha value is -3.80. The van der Waals surface area contributed by atoms with Crippen LogP contribution in [-0.4, -0.2) is 36.9 Å². The van der Waals surface area contributed by atoms with Gasteiger partial charge in [0, 0.05) is 23.9 Å². The Morgan fingerprint density at radius 3 is 2.30 bits per heavy atom. The van der Waals surface area contributed by atoms with Crippen molar-refractivity contribution in [3.63, 3.8) is 0 Å². The Morgan fingerprint density at radius 2 is 1.57 bits per heavy atom. The van der Waals surface area contributed by atoms with Crippen molar-refractivity contribution in [3.8, 4) is 17.2 Å². The van der Waals surface area contributed by atoms with Gasteiger partial charge in [0.25, 0.3) is 5.91 Å². The van der Waals surface area contributed by atoms with Gasteiger partial charge in [-0.25, -0.2) is 0 Å². The van der Waals surface area contributed by atoms with E-state index in [1.54, 1.807) is 55.6 Å². The summed E-state index contributed by atoms with van der Waals surface area (Å²) >= 11 is 0. The normalized spacial score (nSPS) is 10.2. The van der Waals surface area contributed by atoms with Crippen LogP contribution in [-0.2, 0) is 4.79 Å². The predicted octanol–water partition coefficient (Wildman–Crippen LogP) is 4.59. The lowest BCUT2D eigenvalue weighted by Crippen LogP contribution is -2.37. The van der Waals surface area contributed by atoms with E-state index in [0.29, 0.717) is 35.0 Å². The molecule has 3 rings (SSSR count). The minimum Gasteiger partial charge on any atom is -0.497 e. The second-order valence-corrected chi connectivity index (χ2v) is 6.54. The number of para-hydroxylation sites is 1. The first-order chi connectivity index (χ1) is 14.6. The van der Waals surface area contributed by atoms with Crippen molar-refractivity contribution in [3.05, 3.63) is 84.4 Å². The van der Waals surface area contributed by atoms with Gasteiger partial charge in [-0.05, 0) is 49.4 Å². The highest BCUT2D eigenvalue weighted by Crippen LogP contribution is 2.22. The first-order valence-corrected chi connectivity index (χ1v) is 9.65. The summed E-state index contributed by atoms with van der Waals surface area (Å²) in [7, 11) is 1.56. The molecular formula is C24H24N2O4.